The average molecular weight is 441 g/mol. The first-order valence-corrected chi connectivity index (χ1v) is 8.36. The summed E-state index contributed by atoms with van der Waals surface area (Å²) < 4.78 is 2.07. The molecule has 0 radical (unpaired) electrons. The summed E-state index contributed by atoms with van der Waals surface area (Å²) in [4.78, 5) is 0.291. The Morgan fingerprint density at radius 3 is 2.76 bits per heavy atom. The molecule has 0 bridgehead atoms. The number of aromatic nitrogens is 2. The third-order valence-electron chi connectivity index (χ3n) is 2.23. The number of alkyl halides is 1. The first-order chi connectivity index (χ1) is 8.11. The van der Waals surface area contributed by atoms with Crippen LogP contribution in [0.4, 0.5) is 0 Å². The Hall–Kier alpha value is 0.220. The highest BCUT2D eigenvalue weighted by Crippen LogP contribution is 2.36. The molecule has 0 aliphatic heterocycles. The summed E-state index contributed by atoms with van der Waals surface area (Å²) >= 11 is 12.2. The second kappa shape index (κ2) is 5.91. The molecule has 1 atom stereocenters. The van der Waals surface area contributed by atoms with Gasteiger partial charge >= 0.3 is 0 Å². The lowest BCUT2D eigenvalue weighted by molar-refractivity contribution is 0.870. The first kappa shape index (κ1) is 13.6. The van der Waals surface area contributed by atoms with Gasteiger partial charge in [0, 0.05) is 14.5 Å². The Balaban J connectivity index is 2.40. The molecule has 0 spiro atoms. The summed E-state index contributed by atoms with van der Waals surface area (Å²) in [5.41, 5.74) is 1.07. The average Bonchev–Trinajstić information content (AvgIpc) is 2.80. The van der Waals surface area contributed by atoms with E-state index < -0.39 is 0 Å². The molecule has 2 rings (SSSR count). The molecule has 0 saturated heterocycles. The largest absolute Gasteiger partial charge is 0.149 e. The fourth-order valence-corrected chi connectivity index (χ4v) is 3.54. The molecule has 0 fully saturated rings. The molecule has 1 aromatic carbocycles. The van der Waals surface area contributed by atoms with E-state index in [1.807, 2.05) is 18.2 Å². The molecular weight excluding hydrogens is 432 g/mol. The number of rotatable bonds is 3. The normalized spacial score (nSPS) is 12.7. The molecule has 0 aliphatic carbocycles. The van der Waals surface area contributed by atoms with Gasteiger partial charge in [0.15, 0.2) is 0 Å². The lowest BCUT2D eigenvalue weighted by Gasteiger charge is -2.01. The van der Waals surface area contributed by atoms with Crippen LogP contribution in [0.2, 0.25) is 0 Å². The molecule has 1 unspecified atom stereocenters. The SMILES string of the molecule is CCC(Br)c1nnc(-c2cc(Br)ccc2Br)s1. The van der Waals surface area contributed by atoms with Crippen LogP contribution in [-0.4, -0.2) is 10.2 Å². The highest BCUT2D eigenvalue weighted by atomic mass is 79.9. The van der Waals surface area contributed by atoms with Crippen molar-refractivity contribution in [1.29, 1.82) is 0 Å². The summed E-state index contributed by atoms with van der Waals surface area (Å²) in [5, 5.41) is 10.4. The zero-order valence-electron chi connectivity index (χ0n) is 8.95. The fourth-order valence-electron chi connectivity index (χ4n) is 1.31. The number of hydrogen-bond donors (Lipinski definition) is 0. The molecule has 0 amide bonds. The van der Waals surface area contributed by atoms with Crippen molar-refractivity contribution in [1.82, 2.24) is 10.2 Å². The number of benzene rings is 1. The second-order valence-corrected chi connectivity index (χ2v) is 7.33. The Kier molecular flexibility index (Phi) is 4.74. The van der Waals surface area contributed by atoms with Crippen molar-refractivity contribution in [2.75, 3.05) is 0 Å². The molecule has 2 nitrogen and oxygen atoms in total. The number of nitrogens with zero attached hydrogens (tertiary/aromatic N) is 2. The molecule has 17 heavy (non-hydrogen) atoms. The Morgan fingerprint density at radius 2 is 2.06 bits per heavy atom. The Labute approximate surface area is 129 Å². The standard InChI is InChI=1S/C11H9Br3N2S/c1-2-8(13)11-16-15-10(17-11)7-5-6(12)3-4-9(7)14/h3-5,8H,2H2,1H3. The smallest absolute Gasteiger partial charge is 0.142 e. The summed E-state index contributed by atoms with van der Waals surface area (Å²) in [5.74, 6) is 0. The highest BCUT2D eigenvalue weighted by Gasteiger charge is 2.14. The van der Waals surface area contributed by atoms with Crippen LogP contribution in [0, 0.1) is 0 Å². The van der Waals surface area contributed by atoms with Gasteiger partial charge < -0.3 is 0 Å². The zero-order valence-corrected chi connectivity index (χ0v) is 14.5. The van der Waals surface area contributed by atoms with Gasteiger partial charge in [-0.2, -0.15) is 0 Å². The minimum Gasteiger partial charge on any atom is -0.142 e. The summed E-state index contributed by atoms with van der Waals surface area (Å²) in [6.07, 6.45) is 1.01. The third kappa shape index (κ3) is 3.16. The van der Waals surface area contributed by atoms with Crippen LogP contribution in [0.1, 0.15) is 23.2 Å². The van der Waals surface area contributed by atoms with E-state index in [-0.39, 0.29) is 0 Å². The third-order valence-corrected chi connectivity index (χ3v) is 5.87. The number of hydrogen-bond acceptors (Lipinski definition) is 3. The number of halogens is 3. The van der Waals surface area contributed by atoms with E-state index in [0.717, 1.165) is 30.9 Å². The topological polar surface area (TPSA) is 25.8 Å². The predicted octanol–water partition coefficient (Wildman–Crippen LogP) is 5.58. The first-order valence-electron chi connectivity index (χ1n) is 5.04. The van der Waals surface area contributed by atoms with E-state index in [1.165, 1.54) is 0 Å². The van der Waals surface area contributed by atoms with Gasteiger partial charge in [0.1, 0.15) is 10.0 Å². The molecule has 0 saturated carbocycles. The fraction of sp³-hybridized carbons (Fsp3) is 0.273. The molecule has 90 valence electrons. The maximum absolute atomic E-state index is 4.25. The quantitative estimate of drug-likeness (QED) is 0.582. The molecule has 6 heteroatoms. The Morgan fingerprint density at radius 1 is 1.29 bits per heavy atom. The maximum Gasteiger partial charge on any atom is 0.149 e. The molecule has 2 aromatic rings. The predicted molar refractivity (Wildman–Crippen MR) is 82.7 cm³/mol. The van der Waals surface area contributed by atoms with Crippen molar-refractivity contribution in [3.63, 3.8) is 0 Å². The van der Waals surface area contributed by atoms with Crippen molar-refractivity contribution in [3.05, 3.63) is 32.2 Å². The van der Waals surface area contributed by atoms with E-state index >= 15 is 0 Å². The van der Waals surface area contributed by atoms with Crippen LogP contribution in [-0.2, 0) is 0 Å². The van der Waals surface area contributed by atoms with E-state index in [2.05, 4.69) is 64.9 Å². The Bertz CT molecular complexity index is 527. The van der Waals surface area contributed by atoms with E-state index in [9.17, 15) is 0 Å². The molecule has 0 aliphatic rings. The molecule has 0 N–H and O–H groups in total. The minimum absolute atomic E-state index is 0.291. The molecule has 1 heterocycles. The van der Waals surface area contributed by atoms with Gasteiger partial charge in [0.2, 0.25) is 0 Å². The summed E-state index contributed by atoms with van der Waals surface area (Å²) in [7, 11) is 0. The van der Waals surface area contributed by atoms with Crippen molar-refractivity contribution < 1.29 is 0 Å². The molecule has 1 aromatic heterocycles. The van der Waals surface area contributed by atoms with Gasteiger partial charge in [-0.25, -0.2) is 0 Å². The van der Waals surface area contributed by atoms with Crippen LogP contribution in [0.25, 0.3) is 10.6 Å². The van der Waals surface area contributed by atoms with Crippen LogP contribution in [0.3, 0.4) is 0 Å². The van der Waals surface area contributed by atoms with Crippen molar-refractivity contribution in [3.8, 4) is 10.6 Å². The van der Waals surface area contributed by atoms with E-state index in [0.29, 0.717) is 4.83 Å². The lowest BCUT2D eigenvalue weighted by Crippen LogP contribution is -1.85. The van der Waals surface area contributed by atoms with E-state index in [1.54, 1.807) is 11.3 Å². The maximum atomic E-state index is 4.25. The summed E-state index contributed by atoms with van der Waals surface area (Å²) in [6.45, 7) is 2.12. The highest BCUT2D eigenvalue weighted by molar-refractivity contribution is 9.11. The minimum atomic E-state index is 0.291. The molecular formula is C11H9Br3N2S. The van der Waals surface area contributed by atoms with Gasteiger partial charge in [0.05, 0.1) is 4.83 Å². The van der Waals surface area contributed by atoms with Gasteiger partial charge in [-0.3, -0.25) is 0 Å². The van der Waals surface area contributed by atoms with Gasteiger partial charge in [-0.05, 0) is 24.6 Å². The van der Waals surface area contributed by atoms with Gasteiger partial charge in [-0.1, -0.05) is 66.1 Å². The van der Waals surface area contributed by atoms with Crippen LogP contribution in [0.15, 0.2) is 27.1 Å². The van der Waals surface area contributed by atoms with Crippen LogP contribution < -0.4 is 0 Å². The monoisotopic (exact) mass is 438 g/mol. The van der Waals surface area contributed by atoms with Crippen molar-refractivity contribution in [2.45, 2.75) is 18.2 Å². The van der Waals surface area contributed by atoms with Gasteiger partial charge in [0.25, 0.3) is 0 Å². The van der Waals surface area contributed by atoms with Crippen molar-refractivity contribution in [2.24, 2.45) is 0 Å². The van der Waals surface area contributed by atoms with Crippen LogP contribution in [0.5, 0.6) is 0 Å². The second-order valence-electron chi connectivity index (χ2n) is 3.45. The van der Waals surface area contributed by atoms with E-state index in [4.69, 9.17) is 0 Å². The zero-order chi connectivity index (χ0) is 12.4. The van der Waals surface area contributed by atoms with Crippen LogP contribution >= 0.6 is 59.1 Å². The lowest BCUT2D eigenvalue weighted by atomic mass is 10.2. The summed E-state index contributed by atoms with van der Waals surface area (Å²) in [6, 6.07) is 6.05. The van der Waals surface area contributed by atoms with Gasteiger partial charge in [-0.15, -0.1) is 10.2 Å². The van der Waals surface area contributed by atoms with Crippen molar-refractivity contribution >= 4 is 59.1 Å².